The molecule has 1 aromatic carbocycles. The standard InChI is InChI=1S/C16H18Cl2N2O2/c1-11(22-14-9-12(17)5-6-13(14)18)15(21)20-16(10-19)7-3-2-4-8-16/h5-6,9,11H,2-4,7-8H2,1H3,(H,20,21)/t11-/m0/s1. The molecule has 0 radical (unpaired) electrons. The number of nitriles is 1. The molecular formula is C16H18Cl2N2O2. The van der Waals surface area contributed by atoms with E-state index in [0.717, 1.165) is 19.3 Å². The van der Waals surface area contributed by atoms with Gasteiger partial charge in [0.2, 0.25) is 0 Å². The lowest BCUT2D eigenvalue weighted by Gasteiger charge is -2.32. The number of nitrogens with one attached hydrogen (secondary N) is 1. The monoisotopic (exact) mass is 340 g/mol. The fourth-order valence-electron chi connectivity index (χ4n) is 2.57. The van der Waals surface area contributed by atoms with Gasteiger partial charge in [0.15, 0.2) is 6.10 Å². The van der Waals surface area contributed by atoms with Crippen LogP contribution >= 0.6 is 23.2 Å². The van der Waals surface area contributed by atoms with Gasteiger partial charge in [-0.3, -0.25) is 4.79 Å². The number of hydrogen-bond donors (Lipinski definition) is 1. The number of ether oxygens (including phenoxy) is 1. The Bertz CT molecular complexity index is 592. The van der Waals surface area contributed by atoms with Crippen molar-refractivity contribution in [1.82, 2.24) is 5.32 Å². The van der Waals surface area contributed by atoms with Crippen molar-refractivity contribution in [3.05, 3.63) is 28.2 Å². The first-order valence-corrected chi connectivity index (χ1v) is 8.06. The van der Waals surface area contributed by atoms with Crippen LogP contribution in [0.15, 0.2) is 18.2 Å². The largest absolute Gasteiger partial charge is 0.479 e. The van der Waals surface area contributed by atoms with Crippen LogP contribution in [0.3, 0.4) is 0 Å². The lowest BCUT2D eigenvalue weighted by atomic mass is 9.83. The minimum Gasteiger partial charge on any atom is -0.479 e. The van der Waals surface area contributed by atoms with E-state index in [1.165, 1.54) is 0 Å². The van der Waals surface area contributed by atoms with Crippen molar-refractivity contribution in [2.75, 3.05) is 0 Å². The minimum absolute atomic E-state index is 0.320. The van der Waals surface area contributed by atoms with Crippen molar-refractivity contribution < 1.29 is 9.53 Å². The summed E-state index contributed by atoms with van der Waals surface area (Å²) in [4.78, 5) is 12.3. The van der Waals surface area contributed by atoms with Crippen LogP contribution in [-0.4, -0.2) is 17.6 Å². The van der Waals surface area contributed by atoms with E-state index in [0.29, 0.717) is 28.6 Å². The zero-order chi connectivity index (χ0) is 16.2. The molecule has 0 saturated heterocycles. The lowest BCUT2D eigenvalue weighted by Crippen LogP contribution is -2.52. The summed E-state index contributed by atoms with van der Waals surface area (Å²) in [6, 6.07) is 7.08. The van der Waals surface area contributed by atoms with E-state index in [2.05, 4.69) is 11.4 Å². The van der Waals surface area contributed by atoms with Gasteiger partial charge in [-0.2, -0.15) is 5.26 Å². The van der Waals surface area contributed by atoms with Crippen LogP contribution in [0.5, 0.6) is 5.75 Å². The second-order valence-electron chi connectivity index (χ2n) is 5.58. The van der Waals surface area contributed by atoms with Crippen molar-refractivity contribution in [2.45, 2.75) is 50.7 Å². The summed E-state index contributed by atoms with van der Waals surface area (Å²) in [5.41, 5.74) is -0.773. The molecule has 1 fully saturated rings. The van der Waals surface area contributed by atoms with Gasteiger partial charge >= 0.3 is 0 Å². The van der Waals surface area contributed by atoms with Crippen LogP contribution in [0, 0.1) is 11.3 Å². The molecule has 6 heteroatoms. The fraction of sp³-hybridized carbons (Fsp3) is 0.500. The molecule has 22 heavy (non-hydrogen) atoms. The average Bonchev–Trinajstić information content (AvgIpc) is 2.51. The van der Waals surface area contributed by atoms with E-state index < -0.39 is 11.6 Å². The molecule has 1 atom stereocenters. The van der Waals surface area contributed by atoms with Crippen molar-refractivity contribution in [1.29, 1.82) is 5.26 Å². The zero-order valence-corrected chi connectivity index (χ0v) is 13.9. The predicted octanol–water partition coefficient (Wildman–Crippen LogP) is 4.10. The normalized spacial score (nSPS) is 18.1. The number of benzene rings is 1. The van der Waals surface area contributed by atoms with Gasteiger partial charge in [0, 0.05) is 11.1 Å². The topological polar surface area (TPSA) is 62.1 Å². The van der Waals surface area contributed by atoms with Crippen molar-refractivity contribution in [3.8, 4) is 11.8 Å². The highest BCUT2D eigenvalue weighted by Crippen LogP contribution is 2.30. The molecule has 0 aromatic heterocycles. The molecule has 2 rings (SSSR count). The molecule has 1 amide bonds. The summed E-state index contributed by atoms with van der Waals surface area (Å²) in [6.07, 6.45) is 3.60. The van der Waals surface area contributed by atoms with E-state index in [1.807, 2.05) is 0 Å². The molecular weight excluding hydrogens is 323 g/mol. The van der Waals surface area contributed by atoms with Gasteiger partial charge in [-0.15, -0.1) is 0 Å². The Hall–Kier alpha value is -1.44. The molecule has 0 unspecified atom stereocenters. The highest BCUT2D eigenvalue weighted by atomic mass is 35.5. The summed E-state index contributed by atoms with van der Waals surface area (Å²) in [5.74, 6) is 0.0333. The van der Waals surface area contributed by atoms with E-state index in [4.69, 9.17) is 27.9 Å². The summed E-state index contributed by atoms with van der Waals surface area (Å²) in [6.45, 7) is 1.63. The second kappa shape index (κ2) is 7.21. The summed E-state index contributed by atoms with van der Waals surface area (Å²) in [7, 11) is 0. The number of carbonyl (C=O) groups is 1. The lowest BCUT2D eigenvalue weighted by molar-refractivity contribution is -0.129. The van der Waals surface area contributed by atoms with E-state index in [-0.39, 0.29) is 5.91 Å². The Morgan fingerprint density at radius 3 is 2.68 bits per heavy atom. The molecule has 0 heterocycles. The average molecular weight is 341 g/mol. The molecule has 1 saturated carbocycles. The zero-order valence-electron chi connectivity index (χ0n) is 12.4. The Kier molecular flexibility index (Phi) is 5.55. The maximum atomic E-state index is 12.3. The van der Waals surface area contributed by atoms with Crippen molar-refractivity contribution in [3.63, 3.8) is 0 Å². The van der Waals surface area contributed by atoms with E-state index in [1.54, 1.807) is 25.1 Å². The highest BCUT2D eigenvalue weighted by Gasteiger charge is 2.35. The van der Waals surface area contributed by atoms with Gasteiger partial charge in [-0.1, -0.05) is 42.5 Å². The number of carbonyl (C=O) groups excluding carboxylic acids is 1. The van der Waals surface area contributed by atoms with Crippen molar-refractivity contribution >= 4 is 29.1 Å². The third kappa shape index (κ3) is 4.06. The van der Waals surface area contributed by atoms with Gasteiger partial charge < -0.3 is 10.1 Å². The molecule has 1 aliphatic carbocycles. The van der Waals surface area contributed by atoms with Crippen LogP contribution in [0.25, 0.3) is 0 Å². The smallest absolute Gasteiger partial charge is 0.262 e. The highest BCUT2D eigenvalue weighted by molar-refractivity contribution is 6.34. The maximum absolute atomic E-state index is 12.3. The van der Waals surface area contributed by atoms with E-state index >= 15 is 0 Å². The van der Waals surface area contributed by atoms with Crippen LogP contribution < -0.4 is 10.1 Å². The molecule has 1 N–H and O–H groups in total. The van der Waals surface area contributed by atoms with Crippen molar-refractivity contribution in [2.24, 2.45) is 0 Å². The predicted molar refractivity (Wildman–Crippen MR) is 86.1 cm³/mol. The number of halogens is 2. The van der Waals surface area contributed by atoms with Gasteiger partial charge in [0.1, 0.15) is 11.3 Å². The van der Waals surface area contributed by atoms with Gasteiger partial charge in [0.05, 0.1) is 11.1 Å². The molecule has 1 aromatic rings. The Labute approximate surface area is 140 Å². The molecule has 0 bridgehead atoms. The quantitative estimate of drug-likeness (QED) is 0.897. The number of hydrogen-bond acceptors (Lipinski definition) is 3. The second-order valence-corrected chi connectivity index (χ2v) is 6.42. The first-order chi connectivity index (χ1) is 10.5. The summed E-state index contributed by atoms with van der Waals surface area (Å²) < 4.78 is 5.58. The Morgan fingerprint density at radius 2 is 2.05 bits per heavy atom. The molecule has 1 aliphatic rings. The fourth-order valence-corrected chi connectivity index (χ4v) is 2.89. The SMILES string of the molecule is C[C@H](Oc1cc(Cl)ccc1Cl)C(=O)NC1(C#N)CCCCC1. The maximum Gasteiger partial charge on any atom is 0.262 e. The Morgan fingerprint density at radius 1 is 1.36 bits per heavy atom. The summed E-state index contributed by atoms with van der Waals surface area (Å²) >= 11 is 11.9. The third-order valence-electron chi connectivity index (χ3n) is 3.85. The molecule has 0 aliphatic heterocycles. The number of rotatable bonds is 4. The molecule has 118 valence electrons. The van der Waals surface area contributed by atoms with Crippen LogP contribution in [-0.2, 0) is 4.79 Å². The van der Waals surface area contributed by atoms with Gasteiger partial charge in [-0.25, -0.2) is 0 Å². The number of amides is 1. The van der Waals surface area contributed by atoms with Crippen LogP contribution in [0.1, 0.15) is 39.0 Å². The summed E-state index contributed by atoms with van der Waals surface area (Å²) in [5, 5.41) is 13.1. The van der Waals surface area contributed by atoms with Gasteiger partial charge in [-0.05, 0) is 31.9 Å². The first kappa shape index (κ1) is 16.9. The molecule has 4 nitrogen and oxygen atoms in total. The molecule has 0 spiro atoms. The minimum atomic E-state index is -0.773. The number of nitrogens with zero attached hydrogens (tertiary/aromatic N) is 1. The Balaban J connectivity index is 2.03. The van der Waals surface area contributed by atoms with Crippen LogP contribution in [0.2, 0.25) is 10.0 Å². The first-order valence-electron chi connectivity index (χ1n) is 7.31. The van der Waals surface area contributed by atoms with Gasteiger partial charge in [0.25, 0.3) is 5.91 Å². The van der Waals surface area contributed by atoms with Crippen LogP contribution in [0.4, 0.5) is 0 Å². The van der Waals surface area contributed by atoms with E-state index in [9.17, 15) is 10.1 Å². The third-order valence-corrected chi connectivity index (χ3v) is 4.40.